The van der Waals surface area contributed by atoms with Crippen LogP contribution in [0.2, 0.25) is 0 Å². The van der Waals surface area contributed by atoms with Crippen LogP contribution in [0.1, 0.15) is 31.0 Å². The van der Waals surface area contributed by atoms with Gasteiger partial charge in [-0.15, -0.1) is 0 Å². The van der Waals surface area contributed by atoms with Gasteiger partial charge in [-0.3, -0.25) is 4.79 Å². The third-order valence-corrected chi connectivity index (χ3v) is 4.01. The summed E-state index contributed by atoms with van der Waals surface area (Å²) in [7, 11) is 0. The molecule has 0 bridgehead atoms. The molecule has 3 aromatic rings. The lowest BCUT2D eigenvalue weighted by Crippen LogP contribution is -2.05. The van der Waals surface area contributed by atoms with Gasteiger partial charge in [0, 0.05) is 16.7 Å². The van der Waals surface area contributed by atoms with Crippen LogP contribution in [0.15, 0.2) is 60.7 Å². The van der Waals surface area contributed by atoms with Gasteiger partial charge in [0.15, 0.2) is 5.82 Å². The molecule has 0 radical (unpaired) electrons. The van der Waals surface area contributed by atoms with Gasteiger partial charge in [-0.05, 0) is 42.3 Å². The number of carbonyl (C=O) groups is 1. The molecule has 0 saturated heterocycles. The third kappa shape index (κ3) is 3.75. The monoisotopic (exact) mass is 346 g/mol. The summed E-state index contributed by atoms with van der Waals surface area (Å²) in [6, 6.07) is 15.9. The number of benzene rings is 2. The molecule has 0 saturated carbocycles. The topological polar surface area (TPSA) is 42.9 Å². The highest BCUT2D eigenvalue weighted by molar-refractivity contribution is 5.81. The molecule has 130 valence electrons. The molecule has 2 aromatic carbocycles. The number of hydrogen-bond acceptors (Lipinski definition) is 3. The number of halogens is 1. The second kappa shape index (κ2) is 7.83. The smallest absolute Gasteiger partial charge is 0.160 e. The van der Waals surface area contributed by atoms with Crippen LogP contribution < -0.4 is 0 Å². The summed E-state index contributed by atoms with van der Waals surface area (Å²) in [6.07, 6.45) is 3.87. The Morgan fingerprint density at radius 2 is 1.62 bits per heavy atom. The first-order valence-corrected chi connectivity index (χ1v) is 8.45. The lowest BCUT2D eigenvalue weighted by Gasteiger charge is -2.16. The SMILES string of the molecule is CC(C)c1nc(-c2ccccc2)nc(-c2ccc(F)cc2)c1C=CC=O. The number of hydrogen-bond donors (Lipinski definition) is 0. The van der Waals surface area contributed by atoms with Gasteiger partial charge in [0.1, 0.15) is 12.1 Å². The van der Waals surface area contributed by atoms with Crippen molar-refractivity contribution in [3.05, 3.63) is 77.7 Å². The number of carbonyl (C=O) groups excluding carboxylic acids is 1. The van der Waals surface area contributed by atoms with Crippen molar-refractivity contribution in [1.82, 2.24) is 9.97 Å². The van der Waals surface area contributed by atoms with Crippen molar-refractivity contribution < 1.29 is 9.18 Å². The molecular formula is C22H19FN2O. The van der Waals surface area contributed by atoms with E-state index in [1.807, 2.05) is 44.2 Å². The molecule has 0 N–H and O–H groups in total. The predicted molar refractivity (Wildman–Crippen MR) is 102 cm³/mol. The van der Waals surface area contributed by atoms with Crippen molar-refractivity contribution in [2.45, 2.75) is 19.8 Å². The molecule has 0 aliphatic heterocycles. The maximum Gasteiger partial charge on any atom is 0.160 e. The van der Waals surface area contributed by atoms with E-state index in [1.165, 1.54) is 18.2 Å². The van der Waals surface area contributed by atoms with Gasteiger partial charge >= 0.3 is 0 Å². The average Bonchev–Trinajstić information content (AvgIpc) is 2.67. The van der Waals surface area contributed by atoms with Crippen molar-refractivity contribution in [3.8, 4) is 22.6 Å². The number of allylic oxidation sites excluding steroid dienone is 1. The Bertz CT molecular complexity index is 932. The van der Waals surface area contributed by atoms with Crippen molar-refractivity contribution >= 4 is 12.4 Å². The van der Waals surface area contributed by atoms with E-state index in [4.69, 9.17) is 9.97 Å². The molecule has 0 aliphatic rings. The van der Waals surface area contributed by atoms with Crippen molar-refractivity contribution in [2.75, 3.05) is 0 Å². The largest absolute Gasteiger partial charge is 0.299 e. The van der Waals surface area contributed by atoms with Gasteiger partial charge in [-0.1, -0.05) is 44.2 Å². The second-order valence-corrected chi connectivity index (χ2v) is 6.22. The summed E-state index contributed by atoms with van der Waals surface area (Å²) in [5, 5.41) is 0. The fourth-order valence-electron chi connectivity index (χ4n) is 2.77. The molecule has 0 atom stereocenters. The number of aromatic nitrogens is 2. The minimum absolute atomic E-state index is 0.131. The van der Waals surface area contributed by atoms with Crippen LogP contribution >= 0.6 is 0 Å². The van der Waals surface area contributed by atoms with Crippen LogP contribution in [0.5, 0.6) is 0 Å². The summed E-state index contributed by atoms with van der Waals surface area (Å²) < 4.78 is 13.4. The molecule has 3 rings (SSSR count). The van der Waals surface area contributed by atoms with E-state index in [2.05, 4.69) is 0 Å². The highest BCUT2D eigenvalue weighted by atomic mass is 19.1. The van der Waals surface area contributed by atoms with E-state index in [-0.39, 0.29) is 11.7 Å². The molecule has 0 fully saturated rings. The van der Waals surface area contributed by atoms with E-state index in [0.717, 1.165) is 28.7 Å². The molecule has 0 aliphatic carbocycles. The quantitative estimate of drug-likeness (QED) is 0.466. The maximum atomic E-state index is 13.4. The Morgan fingerprint density at radius 3 is 2.23 bits per heavy atom. The van der Waals surface area contributed by atoms with E-state index in [9.17, 15) is 9.18 Å². The average molecular weight is 346 g/mol. The number of rotatable bonds is 5. The van der Waals surface area contributed by atoms with Crippen LogP contribution in [-0.4, -0.2) is 16.3 Å². The van der Waals surface area contributed by atoms with Gasteiger partial charge in [0.2, 0.25) is 0 Å². The Hall–Kier alpha value is -3.14. The predicted octanol–water partition coefficient (Wildman–Crippen LogP) is 5.29. The summed E-state index contributed by atoms with van der Waals surface area (Å²) in [5.74, 6) is 0.433. The van der Waals surface area contributed by atoms with Crippen LogP contribution in [-0.2, 0) is 4.79 Å². The minimum Gasteiger partial charge on any atom is -0.299 e. The third-order valence-electron chi connectivity index (χ3n) is 4.01. The first-order chi connectivity index (χ1) is 12.6. The zero-order valence-electron chi connectivity index (χ0n) is 14.7. The van der Waals surface area contributed by atoms with Crippen LogP contribution in [0.3, 0.4) is 0 Å². The number of nitrogens with zero attached hydrogens (tertiary/aromatic N) is 2. The van der Waals surface area contributed by atoms with Crippen LogP contribution in [0, 0.1) is 5.82 Å². The summed E-state index contributed by atoms with van der Waals surface area (Å²) in [4.78, 5) is 20.3. The fraction of sp³-hybridized carbons (Fsp3) is 0.136. The van der Waals surface area contributed by atoms with E-state index in [1.54, 1.807) is 18.2 Å². The first kappa shape index (κ1) is 17.7. The van der Waals surface area contributed by atoms with E-state index >= 15 is 0 Å². The standard InChI is InChI=1S/C22H19FN2O/c1-15(2)20-19(9-6-14-26)21(16-10-12-18(23)13-11-16)25-22(24-20)17-7-4-3-5-8-17/h3-15H,1-2H3. The van der Waals surface area contributed by atoms with Crippen molar-refractivity contribution in [3.63, 3.8) is 0 Å². The van der Waals surface area contributed by atoms with Crippen molar-refractivity contribution in [2.24, 2.45) is 0 Å². The van der Waals surface area contributed by atoms with Gasteiger partial charge < -0.3 is 0 Å². The lowest BCUT2D eigenvalue weighted by molar-refractivity contribution is -0.104. The molecule has 0 spiro atoms. The minimum atomic E-state index is -0.305. The Kier molecular flexibility index (Phi) is 5.32. The van der Waals surface area contributed by atoms with E-state index < -0.39 is 0 Å². The van der Waals surface area contributed by atoms with Gasteiger partial charge in [0.05, 0.1) is 11.4 Å². The maximum absolute atomic E-state index is 13.4. The Labute approximate surface area is 152 Å². The first-order valence-electron chi connectivity index (χ1n) is 8.45. The summed E-state index contributed by atoms with van der Waals surface area (Å²) >= 11 is 0. The zero-order chi connectivity index (χ0) is 18.5. The highest BCUT2D eigenvalue weighted by Crippen LogP contribution is 2.31. The Morgan fingerprint density at radius 1 is 0.923 bits per heavy atom. The van der Waals surface area contributed by atoms with Crippen LogP contribution in [0.25, 0.3) is 28.7 Å². The van der Waals surface area contributed by atoms with Crippen LogP contribution in [0.4, 0.5) is 4.39 Å². The van der Waals surface area contributed by atoms with Gasteiger partial charge in [-0.2, -0.15) is 0 Å². The molecule has 1 aromatic heterocycles. The lowest BCUT2D eigenvalue weighted by atomic mass is 9.97. The molecule has 4 heteroatoms. The van der Waals surface area contributed by atoms with Crippen molar-refractivity contribution in [1.29, 1.82) is 0 Å². The van der Waals surface area contributed by atoms with E-state index in [0.29, 0.717) is 11.5 Å². The summed E-state index contributed by atoms with van der Waals surface area (Å²) in [5.41, 5.74) is 3.98. The second-order valence-electron chi connectivity index (χ2n) is 6.22. The molecule has 0 amide bonds. The molecule has 26 heavy (non-hydrogen) atoms. The Balaban J connectivity index is 2.30. The number of aldehydes is 1. The highest BCUT2D eigenvalue weighted by Gasteiger charge is 2.17. The van der Waals surface area contributed by atoms with Gasteiger partial charge in [-0.25, -0.2) is 14.4 Å². The zero-order valence-corrected chi connectivity index (χ0v) is 14.7. The fourth-order valence-corrected chi connectivity index (χ4v) is 2.77. The molecule has 1 heterocycles. The molecule has 3 nitrogen and oxygen atoms in total. The normalized spacial score (nSPS) is 11.2. The van der Waals surface area contributed by atoms with Gasteiger partial charge in [0.25, 0.3) is 0 Å². The molecular weight excluding hydrogens is 327 g/mol. The molecule has 0 unspecified atom stereocenters. The summed E-state index contributed by atoms with van der Waals surface area (Å²) in [6.45, 7) is 4.09.